The lowest BCUT2D eigenvalue weighted by Crippen LogP contribution is -2.36. The third kappa shape index (κ3) is 2.76. The van der Waals surface area contributed by atoms with Crippen molar-refractivity contribution in [2.75, 3.05) is 11.4 Å². The summed E-state index contributed by atoms with van der Waals surface area (Å²) in [7, 11) is 0. The average Bonchev–Trinajstić information content (AvgIpc) is 2.45. The van der Waals surface area contributed by atoms with Crippen molar-refractivity contribution in [2.24, 2.45) is 0 Å². The molecule has 1 aliphatic heterocycles. The minimum absolute atomic E-state index is 0.0866. The van der Waals surface area contributed by atoms with Gasteiger partial charge in [-0.2, -0.15) is 0 Å². The molecule has 0 atom stereocenters. The Morgan fingerprint density at radius 1 is 1.24 bits per heavy atom. The zero-order valence-corrected chi connectivity index (χ0v) is 13.1. The Morgan fingerprint density at radius 2 is 1.95 bits per heavy atom. The van der Waals surface area contributed by atoms with Crippen molar-refractivity contribution in [3.63, 3.8) is 0 Å². The van der Waals surface area contributed by atoms with Gasteiger partial charge in [-0.3, -0.25) is 4.79 Å². The van der Waals surface area contributed by atoms with Gasteiger partial charge in [0.1, 0.15) is 10.3 Å². The number of hydrogen-bond acceptors (Lipinski definition) is 2. The van der Waals surface area contributed by atoms with E-state index in [2.05, 4.69) is 11.1 Å². The van der Waals surface area contributed by atoms with Crippen molar-refractivity contribution in [2.45, 2.75) is 19.8 Å². The molecule has 5 heteroatoms. The van der Waals surface area contributed by atoms with Crippen LogP contribution in [0.4, 0.5) is 5.69 Å². The average molecular weight is 321 g/mol. The van der Waals surface area contributed by atoms with Crippen LogP contribution in [-0.2, 0) is 6.42 Å². The van der Waals surface area contributed by atoms with E-state index in [0.29, 0.717) is 12.1 Å². The van der Waals surface area contributed by atoms with Crippen LogP contribution >= 0.6 is 23.2 Å². The van der Waals surface area contributed by atoms with Crippen LogP contribution in [0.15, 0.2) is 30.3 Å². The summed E-state index contributed by atoms with van der Waals surface area (Å²) < 4.78 is 0. The molecule has 0 N–H and O–H groups in total. The Kier molecular flexibility index (Phi) is 3.87. The number of benzene rings is 1. The lowest BCUT2D eigenvalue weighted by molar-refractivity contribution is 0.0985. The van der Waals surface area contributed by atoms with Crippen LogP contribution in [0, 0.1) is 6.92 Å². The summed E-state index contributed by atoms with van der Waals surface area (Å²) in [5, 5.41) is 0.459. The topological polar surface area (TPSA) is 33.2 Å². The van der Waals surface area contributed by atoms with Gasteiger partial charge in [-0.05, 0) is 43.0 Å². The highest BCUT2D eigenvalue weighted by Crippen LogP contribution is 2.32. The van der Waals surface area contributed by atoms with E-state index in [4.69, 9.17) is 23.2 Å². The highest BCUT2D eigenvalue weighted by molar-refractivity contribution is 6.33. The first-order valence-corrected chi connectivity index (χ1v) is 7.55. The summed E-state index contributed by atoms with van der Waals surface area (Å²) >= 11 is 11.8. The Bertz CT molecular complexity index is 695. The fraction of sp³-hybridized carbons (Fsp3) is 0.250. The van der Waals surface area contributed by atoms with Crippen molar-refractivity contribution >= 4 is 34.8 Å². The third-order valence-corrected chi connectivity index (χ3v) is 4.06. The first-order valence-electron chi connectivity index (χ1n) is 6.80. The van der Waals surface area contributed by atoms with E-state index < -0.39 is 0 Å². The second-order valence-corrected chi connectivity index (χ2v) is 5.92. The molecule has 0 bridgehead atoms. The standard InChI is InChI=1S/C16H14Cl2N2O/c1-10-4-2-5-11-6-3-7-20(15(10)11)16(21)12-8-13(17)19-14(18)9-12/h2,4-5,8-9H,3,6-7H2,1H3. The molecular formula is C16H14Cl2N2O. The molecular weight excluding hydrogens is 307 g/mol. The summed E-state index contributed by atoms with van der Waals surface area (Å²) in [5.41, 5.74) is 3.79. The fourth-order valence-electron chi connectivity index (χ4n) is 2.79. The fourth-order valence-corrected chi connectivity index (χ4v) is 3.25. The predicted molar refractivity (Wildman–Crippen MR) is 85.4 cm³/mol. The van der Waals surface area contributed by atoms with Crippen molar-refractivity contribution in [1.29, 1.82) is 0 Å². The molecule has 0 spiro atoms. The van der Waals surface area contributed by atoms with Gasteiger partial charge >= 0.3 is 0 Å². The number of hydrogen-bond donors (Lipinski definition) is 0. The normalized spacial score (nSPS) is 14.0. The Labute approximate surface area is 133 Å². The van der Waals surface area contributed by atoms with Gasteiger partial charge in [0.15, 0.2) is 0 Å². The lowest BCUT2D eigenvalue weighted by atomic mass is 9.97. The van der Waals surface area contributed by atoms with E-state index in [1.807, 2.05) is 24.0 Å². The smallest absolute Gasteiger partial charge is 0.258 e. The Balaban J connectivity index is 2.04. The van der Waals surface area contributed by atoms with Gasteiger partial charge in [0.2, 0.25) is 0 Å². The quantitative estimate of drug-likeness (QED) is 0.734. The minimum Gasteiger partial charge on any atom is -0.308 e. The summed E-state index contributed by atoms with van der Waals surface area (Å²) in [6, 6.07) is 9.25. The zero-order chi connectivity index (χ0) is 15.0. The largest absolute Gasteiger partial charge is 0.308 e. The maximum atomic E-state index is 12.8. The van der Waals surface area contributed by atoms with Crippen LogP contribution in [0.3, 0.4) is 0 Å². The molecule has 2 heterocycles. The molecule has 0 saturated carbocycles. The van der Waals surface area contributed by atoms with E-state index in [0.717, 1.165) is 24.1 Å². The molecule has 1 amide bonds. The van der Waals surface area contributed by atoms with Crippen LogP contribution in [0.5, 0.6) is 0 Å². The monoisotopic (exact) mass is 320 g/mol. The zero-order valence-electron chi connectivity index (χ0n) is 11.6. The first-order chi connectivity index (χ1) is 10.1. The second kappa shape index (κ2) is 5.66. The Hall–Kier alpha value is -1.58. The van der Waals surface area contributed by atoms with E-state index in [9.17, 15) is 4.79 Å². The minimum atomic E-state index is -0.0866. The number of anilines is 1. The summed E-state index contributed by atoms with van der Waals surface area (Å²) in [6.45, 7) is 2.73. The van der Waals surface area contributed by atoms with E-state index >= 15 is 0 Å². The number of carbonyl (C=O) groups is 1. The van der Waals surface area contributed by atoms with Crippen molar-refractivity contribution in [3.05, 3.63) is 57.3 Å². The van der Waals surface area contributed by atoms with Crippen LogP contribution in [0.25, 0.3) is 0 Å². The van der Waals surface area contributed by atoms with Gasteiger partial charge in [0.25, 0.3) is 5.91 Å². The number of fused-ring (bicyclic) bond motifs is 1. The van der Waals surface area contributed by atoms with Crippen LogP contribution < -0.4 is 4.90 Å². The number of pyridine rings is 1. The Morgan fingerprint density at radius 3 is 2.67 bits per heavy atom. The molecule has 3 rings (SSSR count). The van der Waals surface area contributed by atoms with Crippen molar-refractivity contribution < 1.29 is 4.79 Å². The van der Waals surface area contributed by atoms with Gasteiger partial charge in [-0.15, -0.1) is 0 Å². The van der Waals surface area contributed by atoms with Gasteiger partial charge in [0, 0.05) is 12.1 Å². The van der Waals surface area contributed by atoms with Gasteiger partial charge in [-0.1, -0.05) is 41.4 Å². The SMILES string of the molecule is Cc1cccc2c1N(C(=O)c1cc(Cl)nc(Cl)c1)CCC2. The molecule has 1 aromatic carbocycles. The molecule has 0 aliphatic carbocycles. The number of amides is 1. The van der Waals surface area contributed by atoms with Crippen LogP contribution in [-0.4, -0.2) is 17.4 Å². The van der Waals surface area contributed by atoms with E-state index in [1.54, 1.807) is 12.1 Å². The molecule has 2 aromatic rings. The molecule has 108 valence electrons. The number of aryl methyl sites for hydroxylation is 2. The van der Waals surface area contributed by atoms with Gasteiger partial charge in [-0.25, -0.2) is 4.98 Å². The van der Waals surface area contributed by atoms with Crippen molar-refractivity contribution in [1.82, 2.24) is 4.98 Å². The number of halogens is 2. The first kappa shape index (κ1) is 14.4. The van der Waals surface area contributed by atoms with Gasteiger partial charge in [0.05, 0.1) is 5.69 Å². The summed E-state index contributed by atoms with van der Waals surface area (Å²) in [4.78, 5) is 18.5. The summed E-state index contributed by atoms with van der Waals surface area (Å²) in [6.07, 6.45) is 1.95. The maximum Gasteiger partial charge on any atom is 0.258 e. The predicted octanol–water partition coefficient (Wildman–Crippen LogP) is 4.29. The molecule has 1 aliphatic rings. The second-order valence-electron chi connectivity index (χ2n) is 5.14. The third-order valence-electron chi connectivity index (χ3n) is 3.67. The number of para-hydroxylation sites is 1. The highest BCUT2D eigenvalue weighted by atomic mass is 35.5. The van der Waals surface area contributed by atoms with Crippen LogP contribution in [0.1, 0.15) is 27.9 Å². The highest BCUT2D eigenvalue weighted by Gasteiger charge is 2.25. The molecule has 3 nitrogen and oxygen atoms in total. The molecule has 0 radical (unpaired) electrons. The summed E-state index contributed by atoms with van der Waals surface area (Å²) in [5.74, 6) is -0.0866. The molecule has 21 heavy (non-hydrogen) atoms. The molecule has 0 fully saturated rings. The van der Waals surface area contributed by atoms with Gasteiger partial charge < -0.3 is 4.90 Å². The van der Waals surface area contributed by atoms with E-state index in [1.165, 1.54) is 5.56 Å². The molecule has 0 saturated heterocycles. The number of rotatable bonds is 1. The number of nitrogens with zero attached hydrogens (tertiary/aromatic N) is 2. The van der Waals surface area contributed by atoms with Crippen LogP contribution in [0.2, 0.25) is 10.3 Å². The number of carbonyl (C=O) groups excluding carboxylic acids is 1. The lowest BCUT2D eigenvalue weighted by Gasteiger charge is -2.31. The van der Waals surface area contributed by atoms with Crippen molar-refractivity contribution in [3.8, 4) is 0 Å². The molecule has 1 aromatic heterocycles. The van der Waals surface area contributed by atoms with E-state index in [-0.39, 0.29) is 16.2 Å². The number of aromatic nitrogens is 1. The molecule has 0 unspecified atom stereocenters. The maximum absolute atomic E-state index is 12.8.